The molecule has 0 bridgehead atoms. The molecule has 0 unspecified atom stereocenters. The van der Waals surface area contributed by atoms with E-state index in [0.29, 0.717) is 6.04 Å². The van der Waals surface area contributed by atoms with Crippen LogP contribution in [-0.2, 0) is 6.54 Å². The van der Waals surface area contributed by atoms with Crippen molar-refractivity contribution in [2.45, 2.75) is 35.2 Å². The summed E-state index contributed by atoms with van der Waals surface area (Å²) in [5.74, 6) is 0. The Kier molecular flexibility index (Phi) is 3.62. The van der Waals surface area contributed by atoms with Crippen molar-refractivity contribution in [3.05, 3.63) is 54.1 Å². The molecule has 1 N–H and O–H groups in total. The zero-order chi connectivity index (χ0) is 14.1. The van der Waals surface area contributed by atoms with Crippen LogP contribution in [-0.4, -0.2) is 19.1 Å². The average Bonchev–Trinajstić information content (AvgIpc) is 2.72. The second-order valence-corrected chi connectivity index (χ2v) is 6.87. The van der Waals surface area contributed by atoms with Crippen molar-refractivity contribution in [3.8, 4) is 0 Å². The van der Waals surface area contributed by atoms with Gasteiger partial charge in [-0.25, -0.2) is 0 Å². The molecule has 2 aromatic rings. The van der Waals surface area contributed by atoms with Crippen LogP contribution in [0.3, 0.4) is 0 Å². The molecule has 0 spiro atoms. The van der Waals surface area contributed by atoms with Gasteiger partial charge < -0.3 is 10.2 Å². The van der Waals surface area contributed by atoms with Gasteiger partial charge in [0.1, 0.15) is 0 Å². The number of anilines is 1. The molecule has 1 fully saturated rings. The number of nitrogens with zero attached hydrogens (tertiary/aromatic N) is 1. The predicted molar refractivity (Wildman–Crippen MR) is 89.1 cm³/mol. The maximum Gasteiger partial charge on any atom is 0.0513 e. The van der Waals surface area contributed by atoms with E-state index in [1.165, 1.54) is 33.9 Å². The lowest BCUT2D eigenvalue weighted by Crippen LogP contribution is -2.43. The van der Waals surface area contributed by atoms with Gasteiger partial charge >= 0.3 is 0 Å². The largest absolute Gasteiger partial charge is 0.363 e. The zero-order valence-electron chi connectivity index (χ0n) is 12.1. The van der Waals surface area contributed by atoms with Crippen LogP contribution >= 0.6 is 11.8 Å². The summed E-state index contributed by atoms with van der Waals surface area (Å²) in [6.45, 7) is 3.31. The Hall–Kier alpha value is -1.45. The Bertz CT molecular complexity index is 635. The highest BCUT2D eigenvalue weighted by molar-refractivity contribution is 7.99. The Morgan fingerprint density at radius 3 is 2.48 bits per heavy atom. The first kappa shape index (κ1) is 13.2. The number of nitrogens with one attached hydrogen (secondary N) is 1. The lowest BCUT2D eigenvalue weighted by atomic mass is 10.0. The fraction of sp³-hybridized carbons (Fsp3) is 0.333. The van der Waals surface area contributed by atoms with Gasteiger partial charge in [0.2, 0.25) is 0 Å². The fourth-order valence-electron chi connectivity index (χ4n) is 3.35. The third kappa shape index (κ3) is 2.56. The third-order valence-corrected chi connectivity index (χ3v) is 5.64. The quantitative estimate of drug-likeness (QED) is 0.859. The van der Waals surface area contributed by atoms with E-state index in [1.807, 2.05) is 11.8 Å². The van der Waals surface area contributed by atoms with Gasteiger partial charge in [0.05, 0.1) is 5.69 Å². The van der Waals surface area contributed by atoms with Gasteiger partial charge in [-0.1, -0.05) is 42.1 Å². The predicted octanol–water partition coefficient (Wildman–Crippen LogP) is 3.91. The van der Waals surface area contributed by atoms with Gasteiger partial charge in [-0.15, -0.1) is 0 Å². The van der Waals surface area contributed by atoms with E-state index in [0.717, 1.165) is 19.6 Å². The Labute approximate surface area is 130 Å². The standard InChI is InChI=1S/C18H20N2S/c1-3-7-17-14(5-1)13-20(15-9-11-19-12-10-15)16-6-2-4-8-18(16)21-17/h1-8,15,19H,9-13H2. The highest BCUT2D eigenvalue weighted by atomic mass is 32.2. The van der Waals surface area contributed by atoms with Crippen molar-refractivity contribution in [2.75, 3.05) is 18.0 Å². The molecule has 2 heterocycles. The minimum Gasteiger partial charge on any atom is -0.363 e. The molecule has 0 amide bonds. The van der Waals surface area contributed by atoms with Crippen molar-refractivity contribution in [2.24, 2.45) is 0 Å². The van der Waals surface area contributed by atoms with Gasteiger partial charge in [0.15, 0.2) is 0 Å². The minimum absolute atomic E-state index is 0.652. The zero-order valence-corrected chi connectivity index (χ0v) is 12.9. The van der Waals surface area contributed by atoms with Gasteiger partial charge in [0, 0.05) is 22.4 Å². The lowest BCUT2D eigenvalue weighted by Gasteiger charge is -2.36. The summed E-state index contributed by atoms with van der Waals surface area (Å²) in [5.41, 5.74) is 2.86. The van der Waals surface area contributed by atoms with Crippen molar-refractivity contribution >= 4 is 17.4 Å². The van der Waals surface area contributed by atoms with E-state index in [-0.39, 0.29) is 0 Å². The molecule has 2 aromatic carbocycles. The molecule has 0 atom stereocenters. The molecule has 2 nitrogen and oxygen atoms in total. The van der Waals surface area contributed by atoms with E-state index in [9.17, 15) is 0 Å². The van der Waals surface area contributed by atoms with Crippen LogP contribution < -0.4 is 10.2 Å². The van der Waals surface area contributed by atoms with E-state index in [4.69, 9.17) is 0 Å². The maximum atomic E-state index is 3.48. The van der Waals surface area contributed by atoms with Crippen LogP contribution in [0.4, 0.5) is 5.69 Å². The summed E-state index contributed by atoms with van der Waals surface area (Å²) >= 11 is 1.91. The van der Waals surface area contributed by atoms with Crippen molar-refractivity contribution < 1.29 is 0 Å². The summed E-state index contributed by atoms with van der Waals surface area (Å²) in [6, 6.07) is 18.4. The van der Waals surface area contributed by atoms with Crippen molar-refractivity contribution in [1.29, 1.82) is 0 Å². The van der Waals surface area contributed by atoms with Crippen molar-refractivity contribution in [3.63, 3.8) is 0 Å². The van der Waals surface area contributed by atoms with E-state index in [1.54, 1.807) is 0 Å². The first-order valence-corrected chi connectivity index (χ1v) is 8.55. The van der Waals surface area contributed by atoms with Crippen molar-refractivity contribution in [1.82, 2.24) is 5.32 Å². The second kappa shape index (κ2) is 5.74. The Morgan fingerprint density at radius 2 is 1.62 bits per heavy atom. The number of hydrogen-bond donors (Lipinski definition) is 1. The second-order valence-electron chi connectivity index (χ2n) is 5.79. The number of fused-ring (bicyclic) bond motifs is 2. The normalized spacial score (nSPS) is 18.8. The SMILES string of the molecule is c1ccc2c(c1)CN(C1CCNCC1)c1ccccc1S2. The molecule has 0 aliphatic carbocycles. The molecular formula is C18H20N2S. The highest BCUT2D eigenvalue weighted by Gasteiger charge is 2.26. The van der Waals surface area contributed by atoms with E-state index in [2.05, 4.69) is 58.7 Å². The van der Waals surface area contributed by atoms with Gasteiger partial charge in [-0.2, -0.15) is 0 Å². The summed E-state index contributed by atoms with van der Waals surface area (Å²) < 4.78 is 0. The van der Waals surface area contributed by atoms with E-state index < -0.39 is 0 Å². The molecule has 108 valence electrons. The molecule has 2 aliphatic heterocycles. The molecule has 0 radical (unpaired) electrons. The summed E-state index contributed by atoms with van der Waals surface area (Å²) in [5, 5.41) is 3.48. The summed E-state index contributed by atoms with van der Waals surface area (Å²) in [4.78, 5) is 5.43. The Morgan fingerprint density at radius 1 is 0.905 bits per heavy atom. The first-order chi connectivity index (χ1) is 10.4. The molecule has 0 saturated carbocycles. The Balaban J connectivity index is 1.78. The van der Waals surface area contributed by atoms with Crippen LogP contribution in [0.1, 0.15) is 18.4 Å². The van der Waals surface area contributed by atoms with Gasteiger partial charge in [0.25, 0.3) is 0 Å². The van der Waals surface area contributed by atoms with Gasteiger partial charge in [-0.05, 0) is 49.7 Å². The molecule has 1 saturated heterocycles. The van der Waals surface area contributed by atoms with Gasteiger partial charge in [-0.3, -0.25) is 0 Å². The molecule has 2 aliphatic rings. The third-order valence-electron chi connectivity index (χ3n) is 4.46. The van der Waals surface area contributed by atoms with Crippen LogP contribution in [0.15, 0.2) is 58.3 Å². The van der Waals surface area contributed by atoms with E-state index >= 15 is 0 Å². The lowest BCUT2D eigenvalue weighted by molar-refractivity contribution is 0.427. The monoisotopic (exact) mass is 296 g/mol. The highest BCUT2D eigenvalue weighted by Crippen LogP contribution is 2.42. The molecule has 0 aromatic heterocycles. The first-order valence-electron chi connectivity index (χ1n) is 7.74. The average molecular weight is 296 g/mol. The number of piperidine rings is 1. The maximum absolute atomic E-state index is 3.48. The van der Waals surface area contributed by atoms with Crippen LogP contribution in [0.2, 0.25) is 0 Å². The molecule has 4 rings (SSSR count). The smallest absolute Gasteiger partial charge is 0.0513 e. The van der Waals surface area contributed by atoms with Crippen LogP contribution in [0, 0.1) is 0 Å². The fourth-order valence-corrected chi connectivity index (χ4v) is 4.43. The number of rotatable bonds is 1. The number of hydrogen-bond acceptors (Lipinski definition) is 3. The van der Waals surface area contributed by atoms with Crippen LogP contribution in [0.25, 0.3) is 0 Å². The minimum atomic E-state index is 0.652. The van der Waals surface area contributed by atoms with Crippen LogP contribution in [0.5, 0.6) is 0 Å². The molecule has 21 heavy (non-hydrogen) atoms. The molecular weight excluding hydrogens is 276 g/mol. The summed E-state index contributed by atoms with van der Waals surface area (Å²) in [6.07, 6.45) is 2.47. The molecule has 3 heteroatoms. The number of para-hydroxylation sites is 1. The number of benzene rings is 2. The topological polar surface area (TPSA) is 15.3 Å². The summed E-state index contributed by atoms with van der Waals surface area (Å²) in [7, 11) is 0.